The number of hydrogen-bond donors (Lipinski definition) is 1. The Hall–Kier alpha value is -2.38. The molecule has 1 N–H and O–H groups in total. The molecule has 1 aromatic heterocycles. The van der Waals surface area contributed by atoms with Gasteiger partial charge in [0.25, 0.3) is 0 Å². The summed E-state index contributed by atoms with van der Waals surface area (Å²) in [6.45, 7) is 2.03. The topological polar surface area (TPSA) is 37.5 Å². The second kappa shape index (κ2) is 6.59. The van der Waals surface area contributed by atoms with Crippen LogP contribution in [0.4, 0.5) is 0 Å². The molecular formula is C18H17N2OP. The van der Waals surface area contributed by atoms with Gasteiger partial charge < -0.3 is 5.11 Å². The van der Waals surface area contributed by atoms with Crippen LogP contribution in [0.1, 0.15) is 11.1 Å². The van der Waals surface area contributed by atoms with Crippen molar-refractivity contribution in [2.75, 3.05) is 0 Å². The van der Waals surface area contributed by atoms with E-state index in [0.29, 0.717) is 14.3 Å². The molecular weight excluding hydrogens is 291 g/mol. The molecule has 3 rings (SSSR count). The minimum absolute atomic E-state index is 0.348. The maximum Gasteiger partial charge on any atom is 0.123 e. The molecule has 3 aromatic rings. The number of hydrogen-bond acceptors (Lipinski definition) is 2. The summed E-state index contributed by atoms with van der Waals surface area (Å²) in [6, 6.07) is 17.7. The van der Waals surface area contributed by atoms with Crippen molar-refractivity contribution >= 4 is 25.4 Å². The monoisotopic (exact) mass is 308 g/mol. The number of nitrogens with zero attached hydrogens (tertiary/aromatic N) is 2. The van der Waals surface area contributed by atoms with Crippen molar-refractivity contribution in [2.24, 2.45) is 5.10 Å². The number of phenolic OH excluding ortho intramolecular Hbond substituents is 1. The first-order valence-corrected chi connectivity index (χ1v) is 8.05. The minimum atomic E-state index is 0.348. The summed E-state index contributed by atoms with van der Waals surface area (Å²) in [4.78, 5) is 0. The maximum absolute atomic E-state index is 10.0. The number of aromatic nitrogens is 1. The predicted molar refractivity (Wildman–Crippen MR) is 94.3 cm³/mol. The van der Waals surface area contributed by atoms with Gasteiger partial charge in [-0.15, -0.1) is 0 Å². The van der Waals surface area contributed by atoms with E-state index in [9.17, 15) is 5.11 Å². The van der Waals surface area contributed by atoms with Crippen molar-refractivity contribution in [3.8, 4) is 5.75 Å². The number of phenols is 1. The first-order valence-electron chi connectivity index (χ1n) is 7.05. The molecule has 0 aliphatic rings. The van der Waals surface area contributed by atoms with Crippen molar-refractivity contribution < 1.29 is 5.11 Å². The number of benzene rings is 2. The lowest BCUT2D eigenvalue weighted by Crippen LogP contribution is -2.09. The van der Waals surface area contributed by atoms with Crippen molar-refractivity contribution in [2.45, 2.75) is 6.92 Å². The molecule has 1 atom stereocenters. The Labute approximate surface area is 131 Å². The van der Waals surface area contributed by atoms with Crippen molar-refractivity contribution in [1.29, 1.82) is 0 Å². The summed E-state index contributed by atoms with van der Waals surface area (Å²) in [5.74, 6) is 0.348. The van der Waals surface area contributed by atoms with Crippen LogP contribution in [0.5, 0.6) is 5.75 Å². The van der Waals surface area contributed by atoms with E-state index in [-0.39, 0.29) is 0 Å². The molecule has 0 saturated carbocycles. The van der Waals surface area contributed by atoms with Crippen LogP contribution in [0, 0.1) is 6.92 Å². The first-order chi connectivity index (χ1) is 10.7. The lowest BCUT2D eigenvalue weighted by Gasteiger charge is -2.09. The Kier molecular flexibility index (Phi) is 4.36. The molecule has 0 amide bonds. The number of rotatable bonds is 4. The van der Waals surface area contributed by atoms with Gasteiger partial charge in [0.1, 0.15) is 5.75 Å². The highest BCUT2D eigenvalue weighted by Crippen LogP contribution is 2.20. The van der Waals surface area contributed by atoms with Crippen LogP contribution in [0.2, 0.25) is 0 Å². The highest BCUT2D eigenvalue weighted by Gasteiger charge is 2.06. The van der Waals surface area contributed by atoms with Crippen LogP contribution in [0.15, 0.2) is 72.1 Å². The molecule has 4 heteroatoms. The van der Waals surface area contributed by atoms with Gasteiger partial charge in [0.15, 0.2) is 0 Å². The molecule has 0 aliphatic heterocycles. The van der Waals surface area contributed by atoms with Gasteiger partial charge in [0.05, 0.1) is 6.21 Å². The highest BCUT2D eigenvalue weighted by atomic mass is 31.1. The third kappa shape index (κ3) is 3.44. The average Bonchev–Trinajstić information content (AvgIpc) is 3.03. The molecule has 1 unspecified atom stereocenters. The van der Waals surface area contributed by atoms with E-state index in [0.717, 1.165) is 16.4 Å². The van der Waals surface area contributed by atoms with E-state index in [4.69, 9.17) is 0 Å². The van der Waals surface area contributed by atoms with Crippen LogP contribution in [0.3, 0.4) is 0 Å². The molecule has 0 bridgehead atoms. The predicted octanol–water partition coefficient (Wildman–Crippen LogP) is 3.01. The zero-order valence-electron chi connectivity index (χ0n) is 12.3. The molecule has 22 heavy (non-hydrogen) atoms. The average molecular weight is 308 g/mol. The molecule has 0 aliphatic carbocycles. The molecule has 0 radical (unpaired) electrons. The largest absolute Gasteiger partial charge is 0.507 e. The van der Waals surface area contributed by atoms with Crippen molar-refractivity contribution in [3.05, 3.63) is 78.1 Å². The van der Waals surface area contributed by atoms with Gasteiger partial charge in [-0.05, 0) is 36.5 Å². The molecule has 2 aromatic carbocycles. The van der Waals surface area contributed by atoms with Gasteiger partial charge in [-0.3, -0.25) is 0 Å². The fourth-order valence-corrected chi connectivity index (χ4v) is 3.42. The lowest BCUT2D eigenvalue weighted by molar-refractivity contribution is 0.479. The zero-order valence-corrected chi connectivity index (χ0v) is 13.3. The second-order valence-electron chi connectivity index (χ2n) is 5.04. The molecule has 0 spiro atoms. The SMILES string of the molecule is Cc1ccc(O)c(Pc2ccccc2/C=N/n2cccc2)c1. The Morgan fingerprint density at radius 3 is 2.59 bits per heavy atom. The maximum atomic E-state index is 10.0. The summed E-state index contributed by atoms with van der Waals surface area (Å²) in [6.07, 6.45) is 5.65. The van der Waals surface area contributed by atoms with Crippen LogP contribution < -0.4 is 10.6 Å². The third-order valence-corrected chi connectivity index (χ3v) is 4.70. The van der Waals surface area contributed by atoms with Gasteiger partial charge in [0, 0.05) is 23.3 Å². The fraction of sp³-hybridized carbons (Fsp3) is 0.0556. The standard InChI is InChI=1S/C18H17N2OP/c1-14-8-9-16(21)18(12-14)22-17-7-3-2-6-15(17)13-19-20-10-4-5-11-20/h2-13,21-22H,1H3/b19-13+. The van der Waals surface area contributed by atoms with E-state index in [2.05, 4.69) is 11.2 Å². The van der Waals surface area contributed by atoms with E-state index in [1.807, 2.05) is 68.0 Å². The zero-order chi connectivity index (χ0) is 15.4. The van der Waals surface area contributed by atoms with Crippen LogP contribution in [-0.4, -0.2) is 16.0 Å². The smallest absolute Gasteiger partial charge is 0.123 e. The lowest BCUT2D eigenvalue weighted by atomic mass is 10.2. The van der Waals surface area contributed by atoms with Crippen molar-refractivity contribution in [1.82, 2.24) is 4.68 Å². The fourth-order valence-electron chi connectivity index (χ4n) is 2.15. The van der Waals surface area contributed by atoms with E-state index in [1.54, 1.807) is 10.7 Å². The quantitative estimate of drug-likeness (QED) is 0.584. The Balaban J connectivity index is 1.89. The summed E-state index contributed by atoms with van der Waals surface area (Å²) in [5.41, 5.74) is 2.22. The van der Waals surface area contributed by atoms with Crippen LogP contribution in [0.25, 0.3) is 0 Å². The number of aryl methyl sites for hydroxylation is 1. The molecule has 3 nitrogen and oxygen atoms in total. The summed E-state index contributed by atoms with van der Waals surface area (Å²) in [7, 11) is 0.395. The van der Waals surface area contributed by atoms with Gasteiger partial charge in [0.2, 0.25) is 0 Å². The first kappa shape index (κ1) is 14.6. The molecule has 0 fully saturated rings. The van der Waals surface area contributed by atoms with E-state index >= 15 is 0 Å². The molecule has 1 heterocycles. The van der Waals surface area contributed by atoms with E-state index in [1.165, 1.54) is 5.30 Å². The summed E-state index contributed by atoms with van der Waals surface area (Å²) >= 11 is 0. The van der Waals surface area contributed by atoms with E-state index < -0.39 is 0 Å². The van der Waals surface area contributed by atoms with Gasteiger partial charge in [-0.2, -0.15) is 5.10 Å². The van der Waals surface area contributed by atoms with Crippen LogP contribution >= 0.6 is 8.58 Å². The minimum Gasteiger partial charge on any atom is -0.507 e. The Bertz CT molecular complexity index is 795. The Morgan fingerprint density at radius 2 is 1.77 bits per heavy atom. The summed E-state index contributed by atoms with van der Waals surface area (Å²) < 4.78 is 1.77. The van der Waals surface area contributed by atoms with Crippen LogP contribution in [-0.2, 0) is 0 Å². The summed E-state index contributed by atoms with van der Waals surface area (Å²) in [5, 5.41) is 16.6. The van der Waals surface area contributed by atoms with Crippen molar-refractivity contribution in [3.63, 3.8) is 0 Å². The molecule has 0 saturated heterocycles. The van der Waals surface area contributed by atoms with Gasteiger partial charge in [-0.1, -0.05) is 44.5 Å². The normalized spacial score (nSPS) is 11.7. The number of aromatic hydroxyl groups is 1. The highest BCUT2D eigenvalue weighted by molar-refractivity contribution is 7.56. The molecule has 110 valence electrons. The third-order valence-electron chi connectivity index (χ3n) is 3.30. The second-order valence-corrected chi connectivity index (χ2v) is 6.37. The van der Waals surface area contributed by atoms with Gasteiger partial charge >= 0.3 is 0 Å². The Morgan fingerprint density at radius 1 is 1.00 bits per heavy atom. The van der Waals surface area contributed by atoms with Gasteiger partial charge in [-0.25, -0.2) is 4.68 Å².